The van der Waals surface area contributed by atoms with Gasteiger partial charge in [0.1, 0.15) is 0 Å². The molecule has 1 aliphatic carbocycles. The van der Waals surface area contributed by atoms with Gasteiger partial charge >= 0.3 is 0 Å². The molecule has 1 aromatic carbocycles. The Balaban J connectivity index is 1.62. The SMILES string of the molecule is NC1(c2ccccc2CCC(=O)N2CCNCC2)CC1. The molecule has 4 heteroatoms. The first-order chi connectivity index (χ1) is 9.69. The van der Waals surface area contributed by atoms with Gasteiger partial charge in [0.25, 0.3) is 0 Å². The lowest BCUT2D eigenvalue weighted by molar-refractivity contribution is -0.131. The highest BCUT2D eigenvalue weighted by atomic mass is 16.2. The summed E-state index contributed by atoms with van der Waals surface area (Å²) in [5, 5.41) is 3.27. The number of benzene rings is 1. The van der Waals surface area contributed by atoms with Gasteiger partial charge in [-0.25, -0.2) is 0 Å². The van der Waals surface area contributed by atoms with Gasteiger partial charge in [-0.15, -0.1) is 0 Å². The minimum absolute atomic E-state index is 0.116. The zero-order valence-corrected chi connectivity index (χ0v) is 11.9. The van der Waals surface area contributed by atoms with E-state index in [0.717, 1.165) is 45.4 Å². The first-order valence-electron chi connectivity index (χ1n) is 7.55. The predicted octanol–water partition coefficient (Wildman–Crippen LogP) is 0.999. The zero-order valence-electron chi connectivity index (χ0n) is 11.9. The Bertz CT molecular complexity index is 490. The van der Waals surface area contributed by atoms with E-state index in [-0.39, 0.29) is 11.4 Å². The molecule has 20 heavy (non-hydrogen) atoms. The second-order valence-electron chi connectivity index (χ2n) is 5.94. The number of aryl methyl sites for hydroxylation is 1. The van der Waals surface area contributed by atoms with Crippen LogP contribution in [-0.2, 0) is 16.8 Å². The van der Waals surface area contributed by atoms with Gasteiger partial charge in [0.2, 0.25) is 5.91 Å². The number of amides is 1. The third kappa shape index (κ3) is 2.86. The summed E-state index contributed by atoms with van der Waals surface area (Å²) in [6.45, 7) is 3.49. The maximum atomic E-state index is 12.2. The number of hydrogen-bond donors (Lipinski definition) is 2. The Kier molecular flexibility index (Phi) is 3.76. The molecule has 1 heterocycles. The molecule has 1 aliphatic heterocycles. The van der Waals surface area contributed by atoms with E-state index >= 15 is 0 Å². The van der Waals surface area contributed by atoms with Crippen LogP contribution in [-0.4, -0.2) is 37.0 Å². The summed E-state index contributed by atoms with van der Waals surface area (Å²) in [6.07, 6.45) is 3.52. The summed E-state index contributed by atoms with van der Waals surface area (Å²) >= 11 is 0. The summed E-state index contributed by atoms with van der Waals surface area (Å²) in [7, 11) is 0. The van der Waals surface area contributed by atoms with Crippen molar-refractivity contribution in [3.63, 3.8) is 0 Å². The number of nitrogens with one attached hydrogen (secondary N) is 1. The van der Waals surface area contributed by atoms with Crippen molar-refractivity contribution in [1.82, 2.24) is 10.2 Å². The van der Waals surface area contributed by atoms with E-state index in [1.54, 1.807) is 0 Å². The van der Waals surface area contributed by atoms with Crippen LogP contribution in [0, 0.1) is 0 Å². The van der Waals surface area contributed by atoms with Crippen LogP contribution in [0.2, 0.25) is 0 Å². The number of carbonyl (C=O) groups excluding carboxylic acids is 1. The Morgan fingerprint density at radius 3 is 2.65 bits per heavy atom. The van der Waals surface area contributed by atoms with Gasteiger partial charge in [-0.3, -0.25) is 4.79 Å². The monoisotopic (exact) mass is 273 g/mol. The quantitative estimate of drug-likeness (QED) is 0.860. The number of nitrogens with zero attached hydrogens (tertiary/aromatic N) is 1. The maximum Gasteiger partial charge on any atom is 0.222 e. The highest BCUT2D eigenvalue weighted by molar-refractivity contribution is 5.76. The zero-order chi connectivity index (χ0) is 14.0. The Labute approximate surface area is 120 Å². The van der Waals surface area contributed by atoms with Crippen molar-refractivity contribution in [2.75, 3.05) is 26.2 Å². The molecule has 108 valence electrons. The molecule has 0 unspecified atom stereocenters. The molecule has 3 rings (SSSR count). The highest BCUT2D eigenvalue weighted by Crippen LogP contribution is 2.44. The van der Waals surface area contributed by atoms with E-state index in [4.69, 9.17) is 5.73 Å². The molecular weight excluding hydrogens is 250 g/mol. The fraction of sp³-hybridized carbons (Fsp3) is 0.562. The number of rotatable bonds is 4. The molecule has 0 aromatic heterocycles. The molecule has 2 fully saturated rings. The van der Waals surface area contributed by atoms with Crippen LogP contribution in [0.5, 0.6) is 0 Å². The van der Waals surface area contributed by atoms with Gasteiger partial charge in [0.15, 0.2) is 0 Å². The third-order valence-corrected chi connectivity index (χ3v) is 4.42. The Morgan fingerprint density at radius 1 is 1.25 bits per heavy atom. The van der Waals surface area contributed by atoms with Gasteiger partial charge in [-0.1, -0.05) is 24.3 Å². The highest BCUT2D eigenvalue weighted by Gasteiger charge is 2.41. The fourth-order valence-corrected chi connectivity index (χ4v) is 2.94. The Morgan fingerprint density at radius 2 is 1.95 bits per heavy atom. The second-order valence-corrected chi connectivity index (χ2v) is 5.94. The van der Waals surface area contributed by atoms with E-state index in [1.807, 2.05) is 17.0 Å². The molecule has 2 aliphatic rings. The minimum atomic E-state index is -0.116. The van der Waals surface area contributed by atoms with Crippen molar-refractivity contribution in [2.24, 2.45) is 5.73 Å². The Hall–Kier alpha value is -1.39. The number of piperazine rings is 1. The van der Waals surface area contributed by atoms with Gasteiger partial charge in [-0.05, 0) is 30.4 Å². The summed E-state index contributed by atoms with van der Waals surface area (Å²) < 4.78 is 0. The molecule has 1 saturated carbocycles. The second kappa shape index (κ2) is 5.54. The van der Waals surface area contributed by atoms with E-state index in [2.05, 4.69) is 17.4 Å². The molecular formula is C16H23N3O. The van der Waals surface area contributed by atoms with Crippen LogP contribution < -0.4 is 11.1 Å². The summed E-state index contributed by atoms with van der Waals surface area (Å²) in [5.74, 6) is 0.267. The van der Waals surface area contributed by atoms with Gasteiger partial charge in [-0.2, -0.15) is 0 Å². The lowest BCUT2D eigenvalue weighted by Gasteiger charge is -2.27. The van der Waals surface area contributed by atoms with Crippen molar-refractivity contribution in [3.05, 3.63) is 35.4 Å². The van der Waals surface area contributed by atoms with Crippen molar-refractivity contribution in [1.29, 1.82) is 0 Å². The maximum absolute atomic E-state index is 12.2. The van der Waals surface area contributed by atoms with Crippen LogP contribution in [0.4, 0.5) is 0 Å². The van der Waals surface area contributed by atoms with Crippen molar-refractivity contribution in [2.45, 2.75) is 31.2 Å². The lowest BCUT2D eigenvalue weighted by Crippen LogP contribution is -2.46. The molecule has 1 amide bonds. The smallest absolute Gasteiger partial charge is 0.222 e. The molecule has 0 spiro atoms. The number of nitrogens with two attached hydrogens (primary N) is 1. The molecule has 1 saturated heterocycles. The molecule has 1 aromatic rings. The lowest BCUT2D eigenvalue weighted by atomic mass is 9.95. The van der Waals surface area contributed by atoms with Crippen LogP contribution in [0.25, 0.3) is 0 Å². The van der Waals surface area contributed by atoms with Gasteiger partial charge < -0.3 is 16.0 Å². The third-order valence-electron chi connectivity index (χ3n) is 4.42. The number of hydrogen-bond acceptors (Lipinski definition) is 3. The van der Waals surface area contributed by atoms with Crippen molar-refractivity contribution >= 4 is 5.91 Å². The molecule has 3 N–H and O–H groups in total. The summed E-state index contributed by atoms with van der Waals surface area (Å²) in [6, 6.07) is 8.33. The average molecular weight is 273 g/mol. The fourth-order valence-electron chi connectivity index (χ4n) is 2.94. The van der Waals surface area contributed by atoms with Gasteiger partial charge in [0.05, 0.1) is 0 Å². The number of carbonyl (C=O) groups is 1. The molecule has 0 bridgehead atoms. The van der Waals surface area contributed by atoms with Crippen LogP contribution in [0.1, 0.15) is 30.4 Å². The van der Waals surface area contributed by atoms with Crippen LogP contribution in [0.3, 0.4) is 0 Å². The summed E-state index contributed by atoms with van der Waals surface area (Å²) in [4.78, 5) is 14.2. The van der Waals surface area contributed by atoms with E-state index in [9.17, 15) is 4.79 Å². The molecule has 0 atom stereocenters. The average Bonchev–Trinajstić information content (AvgIpc) is 3.25. The van der Waals surface area contributed by atoms with Crippen LogP contribution in [0.15, 0.2) is 24.3 Å². The first-order valence-corrected chi connectivity index (χ1v) is 7.55. The largest absolute Gasteiger partial charge is 0.340 e. The summed E-state index contributed by atoms with van der Waals surface area (Å²) in [5.41, 5.74) is 8.69. The molecule has 0 radical (unpaired) electrons. The van der Waals surface area contributed by atoms with E-state index < -0.39 is 0 Å². The predicted molar refractivity (Wildman–Crippen MR) is 79.3 cm³/mol. The molecule has 4 nitrogen and oxygen atoms in total. The van der Waals surface area contributed by atoms with Crippen molar-refractivity contribution < 1.29 is 4.79 Å². The minimum Gasteiger partial charge on any atom is -0.340 e. The van der Waals surface area contributed by atoms with Gasteiger partial charge in [0, 0.05) is 38.1 Å². The first kappa shape index (κ1) is 13.6. The van der Waals surface area contributed by atoms with Crippen molar-refractivity contribution in [3.8, 4) is 0 Å². The topological polar surface area (TPSA) is 58.4 Å². The van der Waals surface area contributed by atoms with E-state index in [0.29, 0.717) is 6.42 Å². The van der Waals surface area contributed by atoms with E-state index in [1.165, 1.54) is 11.1 Å². The normalized spacial score (nSPS) is 20.8. The standard InChI is InChI=1S/C16H23N3O/c17-16(7-8-16)14-4-2-1-3-13(14)5-6-15(20)19-11-9-18-10-12-19/h1-4,18H,5-12,17H2. The van der Waals surface area contributed by atoms with Crippen LogP contribution >= 0.6 is 0 Å².